The van der Waals surface area contributed by atoms with Crippen molar-refractivity contribution < 1.29 is 13.9 Å². The van der Waals surface area contributed by atoms with Crippen LogP contribution < -0.4 is 5.32 Å². The maximum Gasteiger partial charge on any atom is 0.282 e. The number of rotatable bonds is 5. The summed E-state index contributed by atoms with van der Waals surface area (Å²) in [7, 11) is 0. The molecule has 0 saturated carbocycles. The molecule has 0 fully saturated rings. The molecule has 0 aliphatic carbocycles. The van der Waals surface area contributed by atoms with E-state index in [-0.39, 0.29) is 0 Å². The van der Waals surface area contributed by atoms with E-state index < -0.39 is 19.1 Å². The quantitative estimate of drug-likeness (QED) is 0.811. The molecule has 5 heteroatoms. The SMILES string of the molecule is OCC(F)(F)CNCc1ccc(I)cc1. The number of hydrogen-bond acceptors (Lipinski definition) is 2. The van der Waals surface area contributed by atoms with Crippen LogP contribution >= 0.6 is 22.6 Å². The molecule has 1 aromatic rings. The van der Waals surface area contributed by atoms with Crippen molar-refractivity contribution in [3.8, 4) is 0 Å². The average molecular weight is 327 g/mol. The van der Waals surface area contributed by atoms with Crippen LogP contribution in [0.1, 0.15) is 5.56 Å². The van der Waals surface area contributed by atoms with Gasteiger partial charge in [0.2, 0.25) is 0 Å². The second-order valence-electron chi connectivity index (χ2n) is 3.24. The summed E-state index contributed by atoms with van der Waals surface area (Å²) in [5.41, 5.74) is 0.948. The van der Waals surface area contributed by atoms with Gasteiger partial charge in [0.05, 0.1) is 6.54 Å². The molecule has 15 heavy (non-hydrogen) atoms. The summed E-state index contributed by atoms with van der Waals surface area (Å²) in [5, 5.41) is 10.9. The van der Waals surface area contributed by atoms with Crippen molar-refractivity contribution in [2.45, 2.75) is 12.5 Å². The van der Waals surface area contributed by atoms with Crippen LogP contribution in [0.25, 0.3) is 0 Å². The first-order chi connectivity index (χ1) is 7.03. The van der Waals surface area contributed by atoms with Gasteiger partial charge in [0.1, 0.15) is 6.61 Å². The van der Waals surface area contributed by atoms with Crippen molar-refractivity contribution in [3.05, 3.63) is 33.4 Å². The van der Waals surface area contributed by atoms with E-state index in [9.17, 15) is 8.78 Å². The summed E-state index contributed by atoms with van der Waals surface area (Å²) >= 11 is 2.18. The molecule has 0 radical (unpaired) electrons. The highest BCUT2D eigenvalue weighted by Crippen LogP contribution is 2.11. The molecule has 0 spiro atoms. The average Bonchev–Trinajstić information content (AvgIpc) is 2.21. The van der Waals surface area contributed by atoms with E-state index in [2.05, 4.69) is 27.9 Å². The molecule has 0 unspecified atom stereocenters. The van der Waals surface area contributed by atoms with Gasteiger partial charge in [0, 0.05) is 10.1 Å². The number of aliphatic hydroxyl groups is 1. The molecule has 0 aromatic heterocycles. The molecular weight excluding hydrogens is 315 g/mol. The van der Waals surface area contributed by atoms with Gasteiger partial charge in [-0.1, -0.05) is 12.1 Å². The predicted molar refractivity (Wildman–Crippen MR) is 62.9 cm³/mol. The Balaban J connectivity index is 2.35. The van der Waals surface area contributed by atoms with E-state index in [0.29, 0.717) is 6.54 Å². The first kappa shape index (κ1) is 12.8. The zero-order chi connectivity index (χ0) is 11.3. The van der Waals surface area contributed by atoms with Crippen LogP contribution in [-0.2, 0) is 6.54 Å². The van der Waals surface area contributed by atoms with Gasteiger partial charge in [-0.3, -0.25) is 0 Å². The van der Waals surface area contributed by atoms with Gasteiger partial charge in [-0.05, 0) is 40.3 Å². The van der Waals surface area contributed by atoms with Crippen molar-refractivity contribution in [2.75, 3.05) is 13.2 Å². The Morgan fingerprint density at radius 1 is 1.27 bits per heavy atom. The van der Waals surface area contributed by atoms with Crippen molar-refractivity contribution >= 4 is 22.6 Å². The summed E-state index contributed by atoms with van der Waals surface area (Å²) < 4.78 is 26.3. The standard InChI is InChI=1S/C10H12F2INO/c11-10(12,7-15)6-14-5-8-1-3-9(13)4-2-8/h1-4,14-15H,5-7H2. The first-order valence-corrected chi connectivity index (χ1v) is 5.55. The third-order valence-electron chi connectivity index (χ3n) is 1.86. The number of nitrogens with one attached hydrogen (secondary N) is 1. The summed E-state index contributed by atoms with van der Waals surface area (Å²) in [6.45, 7) is -1.24. The van der Waals surface area contributed by atoms with Crippen LogP contribution in [0.15, 0.2) is 24.3 Å². The minimum Gasteiger partial charge on any atom is -0.390 e. The van der Waals surface area contributed by atoms with Gasteiger partial charge in [0.15, 0.2) is 0 Å². The summed E-state index contributed by atoms with van der Waals surface area (Å²) in [4.78, 5) is 0. The largest absolute Gasteiger partial charge is 0.390 e. The normalized spacial score (nSPS) is 11.7. The molecule has 2 N–H and O–H groups in total. The second-order valence-corrected chi connectivity index (χ2v) is 4.49. The lowest BCUT2D eigenvalue weighted by Crippen LogP contribution is -2.35. The van der Waals surface area contributed by atoms with Crippen molar-refractivity contribution in [1.29, 1.82) is 0 Å². The lowest BCUT2D eigenvalue weighted by Gasteiger charge is -2.13. The number of aliphatic hydroxyl groups excluding tert-OH is 1. The second kappa shape index (κ2) is 5.72. The molecule has 0 bridgehead atoms. The van der Waals surface area contributed by atoms with Crippen molar-refractivity contribution in [2.24, 2.45) is 0 Å². The highest BCUT2D eigenvalue weighted by atomic mass is 127. The lowest BCUT2D eigenvalue weighted by molar-refractivity contribution is -0.0477. The van der Waals surface area contributed by atoms with Crippen LogP contribution in [0.4, 0.5) is 8.78 Å². The van der Waals surface area contributed by atoms with Crippen molar-refractivity contribution in [3.63, 3.8) is 0 Å². The molecule has 1 rings (SSSR count). The van der Waals surface area contributed by atoms with Gasteiger partial charge >= 0.3 is 0 Å². The number of halogens is 3. The Hall–Kier alpha value is -0.270. The van der Waals surface area contributed by atoms with E-state index in [4.69, 9.17) is 5.11 Å². The monoisotopic (exact) mass is 327 g/mol. The Kier molecular flexibility index (Phi) is 4.88. The third kappa shape index (κ3) is 4.85. The fourth-order valence-corrected chi connectivity index (χ4v) is 1.41. The van der Waals surface area contributed by atoms with Crippen LogP contribution in [0.2, 0.25) is 0 Å². The van der Waals surface area contributed by atoms with Gasteiger partial charge in [0.25, 0.3) is 5.92 Å². The van der Waals surface area contributed by atoms with E-state index in [1.54, 1.807) is 0 Å². The molecule has 0 aliphatic rings. The van der Waals surface area contributed by atoms with Crippen molar-refractivity contribution in [1.82, 2.24) is 5.32 Å². The van der Waals surface area contributed by atoms with Gasteiger partial charge in [-0.2, -0.15) is 0 Å². The predicted octanol–water partition coefficient (Wildman–Crippen LogP) is 2.01. The maximum absolute atomic E-state index is 12.6. The van der Waals surface area contributed by atoms with Crippen LogP contribution in [0.3, 0.4) is 0 Å². The highest BCUT2D eigenvalue weighted by molar-refractivity contribution is 14.1. The molecule has 0 saturated heterocycles. The van der Waals surface area contributed by atoms with Crippen LogP contribution in [0, 0.1) is 3.57 Å². The van der Waals surface area contributed by atoms with Crippen LogP contribution in [0.5, 0.6) is 0 Å². The van der Waals surface area contributed by atoms with E-state index >= 15 is 0 Å². The molecular formula is C10H12F2INO. The van der Waals surface area contributed by atoms with E-state index in [1.165, 1.54) is 0 Å². The fourth-order valence-electron chi connectivity index (χ4n) is 1.05. The number of alkyl halides is 2. The lowest BCUT2D eigenvalue weighted by atomic mass is 10.2. The smallest absolute Gasteiger partial charge is 0.282 e. The summed E-state index contributed by atoms with van der Waals surface area (Å²) in [5.74, 6) is -3.04. The topological polar surface area (TPSA) is 32.3 Å². The molecule has 2 nitrogen and oxygen atoms in total. The fraction of sp³-hybridized carbons (Fsp3) is 0.400. The molecule has 0 atom stereocenters. The number of benzene rings is 1. The zero-order valence-corrected chi connectivity index (χ0v) is 10.2. The van der Waals surface area contributed by atoms with Crippen LogP contribution in [-0.4, -0.2) is 24.2 Å². The summed E-state index contributed by atoms with van der Waals surface area (Å²) in [6.07, 6.45) is 0. The minimum atomic E-state index is -3.04. The summed E-state index contributed by atoms with van der Waals surface area (Å²) in [6, 6.07) is 7.60. The Morgan fingerprint density at radius 2 is 1.87 bits per heavy atom. The van der Waals surface area contributed by atoms with E-state index in [0.717, 1.165) is 9.13 Å². The molecule has 84 valence electrons. The molecule has 0 amide bonds. The highest BCUT2D eigenvalue weighted by Gasteiger charge is 2.26. The number of hydrogen-bond donors (Lipinski definition) is 2. The first-order valence-electron chi connectivity index (χ1n) is 4.47. The molecule has 0 aliphatic heterocycles. The van der Waals surface area contributed by atoms with E-state index in [1.807, 2.05) is 24.3 Å². The van der Waals surface area contributed by atoms with Gasteiger partial charge < -0.3 is 10.4 Å². The Bertz CT molecular complexity index is 303. The third-order valence-corrected chi connectivity index (χ3v) is 2.58. The Morgan fingerprint density at radius 3 is 2.40 bits per heavy atom. The maximum atomic E-state index is 12.6. The minimum absolute atomic E-state index is 0.381. The molecule has 0 heterocycles. The Labute approximate surface area is 101 Å². The zero-order valence-electron chi connectivity index (χ0n) is 8.01. The van der Waals surface area contributed by atoms with Gasteiger partial charge in [-0.15, -0.1) is 0 Å². The van der Waals surface area contributed by atoms with Gasteiger partial charge in [-0.25, -0.2) is 8.78 Å². The molecule has 1 aromatic carbocycles.